The lowest BCUT2D eigenvalue weighted by Crippen LogP contribution is -2.39. The number of hydrogen-bond donors (Lipinski definition) is 3. The lowest BCUT2D eigenvalue weighted by atomic mass is 10.0. The van der Waals surface area contributed by atoms with Crippen molar-refractivity contribution in [3.05, 3.63) is 65.7 Å². The van der Waals surface area contributed by atoms with Crippen molar-refractivity contribution in [3.63, 3.8) is 0 Å². The number of rotatable bonds is 8. The lowest BCUT2D eigenvalue weighted by molar-refractivity contribution is -0.146. The van der Waals surface area contributed by atoms with E-state index < -0.39 is 24.1 Å². The summed E-state index contributed by atoms with van der Waals surface area (Å²) in [6.07, 6.45) is -1.06. The van der Waals surface area contributed by atoms with Gasteiger partial charge < -0.3 is 20.7 Å². The lowest BCUT2D eigenvalue weighted by Gasteiger charge is -2.19. The Balaban J connectivity index is 2.18. The fraction of sp³-hybridized carbons (Fsp3) is 0.222. The number of aliphatic carboxylic acids is 2. The average Bonchev–Trinajstić information content (AvgIpc) is 2.56. The monoisotopic (exact) mass is 329 g/mol. The Morgan fingerprint density at radius 1 is 0.958 bits per heavy atom. The van der Waals surface area contributed by atoms with Crippen molar-refractivity contribution >= 4 is 11.9 Å². The Morgan fingerprint density at radius 2 is 1.58 bits per heavy atom. The van der Waals surface area contributed by atoms with E-state index in [2.05, 4.69) is 0 Å². The van der Waals surface area contributed by atoms with E-state index in [0.29, 0.717) is 12.2 Å². The Morgan fingerprint density at radius 3 is 2.21 bits per heavy atom. The third kappa shape index (κ3) is 4.82. The summed E-state index contributed by atoms with van der Waals surface area (Å²) in [5.74, 6) is -2.10. The highest BCUT2D eigenvalue weighted by molar-refractivity contribution is 5.77. The molecule has 4 N–H and O–H groups in total. The van der Waals surface area contributed by atoms with E-state index in [0.717, 1.165) is 11.1 Å². The van der Waals surface area contributed by atoms with Gasteiger partial charge in [0.15, 0.2) is 6.10 Å². The van der Waals surface area contributed by atoms with E-state index in [1.165, 1.54) is 0 Å². The van der Waals surface area contributed by atoms with Crippen LogP contribution in [-0.4, -0.2) is 34.3 Å². The molecule has 0 heterocycles. The van der Waals surface area contributed by atoms with Gasteiger partial charge in [0.25, 0.3) is 0 Å². The maximum Gasteiger partial charge on any atom is 0.344 e. The Bertz CT molecular complexity index is 702. The first kappa shape index (κ1) is 17.5. The number of carboxylic acid groups (broad SMARTS) is 2. The van der Waals surface area contributed by atoms with Crippen LogP contribution in [0.2, 0.25) is 0 Å². The van der Waals surface area contributed by atoms with Crippen LogP contribution in [0.15, 0.2) is 54.6 Å². The normalized spacial score (nSPS) is 13.0. The maximum absolute atomic E-state index is 11.4. The molecule has 0 bridgehead atoms. The predicted octanol–water partition coefficient (Wildman–Crippen LogP) is 1.91. The fourth-order valence-electron chi connectivity index (χ4n) is 2.26. The van der Waals surface area contributed by atoms with Gasteiger partial charge in [-0.15, -0.1) is 0 Å². The molecule has 2 unspecified atom stereocenters. The van der Waals surface area contributed by atoms with Crippen LogP contribution >= 0.6 is 0 Å². The molecular weight excluding hydrogens is 310 g/mol. The molecule has 0 radical (unpaired) electrons. The second-order valence-corrected chi connectivity index (χ2v) is 5.40. The number of carboxylic acids is 2. The molecule has 0 spiro atoms. The van der Waals surface area contributed by atoms with Crippen LogP contribution in [0.4, 0.5) is 0 Å². The van der Waals surface area contributed by atoms with Gasteiger partial charge in [0.1, 0.15) is 11.8 Å². The van der Waals surface area contributed by atoms with Crippen molar-refractivity contribution in [2.24, 2.45) is 5.73 Å². The smallest absolute Gasteiger partial charge is 0.344 e. The highest BCUT2D eigenvalue weighted by Crippen LogP contribution is 2.23. The Kier molecular flexibility index (Phi) is 5.92. The van der Waals surface area contributed by atoms with Crippen LogP contribution in [0.5, 0.6) is 5.75 Å². The quantitative estimate of drug-likeness (QED) is 0.682. The van der Waals surface area contributed by atoms with E-state index >= 15 is 0 Å². The summed E-state index contributed by atoms with van der Waals surface area (Å²) in [7, 11) is 0. The molecule has 0 amide bonds. The molecule has 24 heavy (non-hydrogen) atoms. The zero-order valence-corrected chi connectivity index (χ0v) is 13.0. The SMILES string of the molecule is NC(CC(Oc1ccccc1Cc1ccccc1)C(=O)O)C(=O)O. The van der Waals surface area contributed by atoms with Crippen molar-refractivity contribution < 1.29 is 24.5 Å². The van der Waals surface area contributed by atoms with Crippen LogP contribution in [0.3, 0.4) is 0 Å². The number of para-hydroxylation sites is 1. The minimum Gasteiger partial charge on any atom is -0.480 e. The summed E-state index contributed by atoms with van der Waals surface area (Å²) in [4.78, 5) is 22.2. The number of nitrogens with two attached hydrogens (primary N) is 1. The molecule has 0 aromatic heterocycles. The first-order valence-corrected chi connectivity index (χ1v) is 7.47. The summed E-state index contributed by atoms with van der Waals surface area (Å²) in [6, 6.07) is 15.5. The standard InChI is InChI=1S/C18H19NO5/c19-14(17(20)21)11-16(18(22)23)24-15-9-5-4-8-13(15)10-12-6-2-1-3-7-12/h1-9,14,16H,10-11,19H2,(H,20,21)(H,22,23). The predicted molar refractivity (Wildman–Crippen MR) is 88.0 cm³/mol. The van der Waals surface area contributed by atoms with Crippen LogP contribution in [0.1, 0.15) is 17.5 Å². The van der Waals surface area contributed by atoms with Crippen molar-refractivity contribution in [2.75, 3.05) is 0 Å². The maximum atomic E-state index is 11.4. The van der Waals surface area contributed by atoms with Gasteiger partial charge in [-0.3, -0.25) is 4.79 Å². The number of ether oxygens (including phenoxy) is 1. The number of carbonyl (C=O) groups is 2. The van der Waals surface area contributed by atoms with E-state index in [9.17, 15) is 14.7 Å². The van der Waals surface area contributed by atoms with Crippen molar-refractivity contribution in [2.45, 2.75) is 25.0 Å². The van der Waals surface area contributed by atoms with Gasteiger partial charge in [-0.2, -0.15) is 0 Å². The molecule has 6 nitrogen and oxygen atoms in total. The largest absolute Gasteiger partial charge is 0.480 e. The zero-order valence-electron chi connectivity index (χ0n) is 13.0. The van der Waals surface area contributed by atoms with Crippen molar-refractivity contribution in [3.8, 4) is 5.75 Å². The summed E-state index contributed by atoms with van der Waals surface area (Å²) in [5, 5.41) is 18.1. The van der Waals surface area contributed by atoms with E-state index in [4.69, 9.17) is 15.6 Å². The second-order valence-electron chi connectivity index (χ2n) is 5.40. The topological polar surface area (TPSA) is 110 Å². The molecule has 6 heteroatoms. The van der Waals surface area contributed by atoms with Gasteiger partial charge >= 0.3 is 11.9 Å². The van der Waals surface area contributed by atoms with Gasteiger partial charge in [-0.25, -0.2) is 4.79 Å². The first-order valence-electron chi connectivity index (χ1n) is 7.47. The molecule has 0 fully saturated rings. The van der Waals surface area contributed by atoms with Crippen molar-refractivity contribution in [1.82, 2.24) is 0 Å². The molecule has 0 aliphatic rings. The highest BCUT2D eigenvalue weighted by Gasteiger charge is 2.26. The Hall–Kier alpha value is -2.86. The fourth-order valence-corrected chi connectivity index (χ4v) is 2.26. The van der Waals surface area contributed by atoms with Gasteiger partial charge in [-0.1, -0.05) is 48.5 Å². The summed E-state index contributed by atoms with van der Waals surface area (Å²) < 4.78 is 5.56. The van der Waals surface area contributed by atoms with Crippen LogP contribution in [0.25, 0.3) is 0 Å². The third-order valence-electron chi connectivity index (χ3n) is 3.54. The highest BCUT2D eigenvalue weighted by atomic mass is 16.5. The molecule has 0 saturated carbocycles. The third-order valence-corrected chi connectivity index (χ3v) is 3.54. The van der Waals surface area contributed by atoms with Gasteiger partial charge in [0, 0.05) is 12.8 Å². The van der Waals surface area contributed by atoms with Gasteiger partial charge in [0.05, 0.1) is 0 Å². The molecular formula is C18H19NO5. The van der Waals surface area contributed by atoms with E-state index in [1.54, 1.807) is 12.1 Å². The zero-order chi connectivity index (χ0) is 17.5. The molecule has 2 rings (SSSR count). The molecule has 0 aliphatic heterocycles. The average molecular weight is 329 g/mol. The second kappa shape index (κ2) is 8.12. The van der Waals surface area contributed by atoms with Crippen LogP contribution < -0.4 is 10.5 Å². The van der Waals surface area contributed by atoms with Crippen LogP contribution in [-0.2, 0) is 16.0 Å². The van der Waals surface area contributed by atoms with Crippen LogP contribution in [0, 0.1) is 0 Å². The summed E-state index contributed by atoms with van der Waals surface area (Å²) >= 11 is 0. The molecule has 0 aliphatic carbocycles. The summed E-state index contributed by atoms with van der Waals surface area (Å²) in [5.41, 5.74) is 7.30. The number of hydrogen-bond acceptors (Lipinski definition) is 4. The molecule has 2 atom stereocenters. The molecule has 126 valence electrons. The minimum absolute atomic E-state index is 0.315. The number of benzene rings is 2. The molecule has 2 aromatic carbocycles. The van der Waals surface area contributed by atoms with Gasteiger partial charge in [-0.05, 0) is 17.2 Å². The summed E-state index contributed by atoms with van der Waals surface area (Å²) in [6.45, 7) is 0. The Labute approximate surface area is 139 Å². The van der Waals surface area contributed by atoms with E-state index in [-0.39, 0.29) is 6.42 Å². The first-order chi connectivity index (χ1) is 11.5. The molecule has 2 aromatic rings. The molecule has 0 saturated heterocycles. The minimum atomic E-state index is -1.33. The van der Waals surface area contributed by atoms with E-state index in [1.807, 2.05) is 42.5 Å². The van der Waals surface area contributed by atoms with Gasteiger partial charge in [0.2, 0.25) is 0 Å². The van der Waals surface area contributed by atoms with Crippen molar-refractivity contribution in [1.29, 1.82) is 0 Å².